The minimum atomic E-state index is -0.551. The summed E-state index contributed by atoms with van der Waals surface area (Å²) in [6.07, 6.45) is 9.09. The molecular formula is C13H22N4O. The SMILES string of the molecule is CCCCCCCn1cnc2c1C(O)CN=CN2. The van der Waals surface area contributed by atoms with E-state index in [4.69, 9.17) is 0 Å². The average molecular weight is 250 g/mol. The number of fused-ring (bicyclic) bond motifs is 1. The van der Waals surface area contributed by atoms with Crippen molar-refractivity contribution in [2.45, 2.75) is 51.7 Å². The quantitative estimate of drug-likeness (QED) is 0.762. The van der Waals surface area contributed by atoms with Crippen molar-refractivity contribution in [1.29, 1.82) is 0 Å². The van der Waals surface area contributed by atoms with Crippen LogP contribution in [0.3, 0.4) is 0 Å². The Morgan fingerprint density at radius 3 is 3.06 bits per heavy atom. The maximum atomic E-state index is 10.0. The first-order chi connectivity index (χ1) is 8.83. The van der Waals surface area contributed by atoms with Crippen molar-refractivity contribution in [3.8, 4) is 0 Å². The molecule has 1 aliphatic rings. The Labute approximate surface area is 108 Å². The second-order valence-corrected chi connectivity index (χ2v) is 4.74. The number of imidazole rings is 1. The molecule has 0 saturated carbocycles. The molecule has 5 heteroatoms. The van der Waals surface area contributed by atoms with E-state index in [1.165, 1.54) is 25.7 Å². The Kier molecular flexibility index (Phi) is 4.75. The van der Waals surface area contributed by atoms with Crippen LogP contribution in [0.5, 0.6) is 0 Å². The van der Waals surface area contributed by atoms with E-state index in [0.29, 0.717) is 6.54 Å². The molecule has 0 aromatic carbocycles. The standard InChI is InChI=1S/C13H22N4O/c1-2-3-4-5-6-7-17-10-16-13-12(17)11(18)8-14-9-15-13/h9-11,18H,2-8H2,1H3,(H,14,15). The van der Waals surface area contributed by atoms with Crippen molar-refractivity contribution in [3.05, 3.63) is 12.0 Å². The lowest BCUT2D eigenvalue weighted by Gasteiger charge is -2.12. The predicted molar refractivity (Wildman–Crippen MR) is 72.9 cm³/mol. The number of rotatable bonds is 6. The third-order valence-electron chi connectivity index (χ3n) is 3.27. The molecule has 18 heavy (non-hydrogen) atoms. The topological polar surface area (TPSA) is 62.4 Å². The Balaban J connectivity index is 1.92. The minimum Gasteiger partial charge on any atom is -0.385 e. The van der Waals surface area contributed by atoms with Crippen molar-refractivity contribution in [1.82, 2.24) is 9.55 Å². The van der Waals surface area contributed by atoms with Crippen LogP contribution < -0.4 is 5.32 Å². The molecule has 1 aliphatic heterocycles. The fourth-order valence-corrected chi connectivity index (χ4v) is 2.26. The fourth-order valence-electron chi connectivity index (χ4n) is 2.26. The molecule has 1 aromatic heterocycles. The van der Waals surface area contributed by atoms with Crippen molar-refractivity contribution >= 4 is 12.2 Å². The van der Waals surface area contributed by atoms with E-state index in [0.717, 1.165) is 24.5 Å². The van der Waals surface area contributed by atoms with Gasteiger partial charge in [-0.05, 0) is 6.42 Å². The highest BCUT2D eigenvalue weighted by Gasteiger charge is 2.20. The van der Waals surface area contributed by atoms with Crippen LogP contribution in [0.4, 0.5) is 5.82 Å². The third kappa shape index (κ3) is 3.10. The molecule has 0 radical (unpaired) electrons. The summed E-state index contributed by atoms with van der Waals surface area (Å²) in [5.74, 6) is 0.734. The highest BCUT2D eigenvalue weighted by Crippen LogP contribution is 2.24. The van der Waals surface area contributed by atoms with Gasteiger partial charge in [-0.25, -0.2) is 4.98 Å². The first kappa shape index (κ1) is 13.1. The van der Waals surface area contributed by atoms with Gasteiger partial charge in [-0.2, -0.15) is 0 Å². The zero-order valence-corrected chi connectivity index (χ0v) is 11.0. The number of aryl methyl sites for hydroxylation is 1. The zero-order chi connectivity index (χ0) is 12.8. The van der Waals surface area contributed by atoms with E-state index in [9.17, 15) is 5.11 Å². The molecular weight excluding hydrogens is 228 g/mol. The Hall–Kier alpha value is -1.36. The van der Waals surface area contributed by atoms with Crippen LogP contribution in [0.2, 0.25) is 0 Å². The molecule has 0 spiro atoms. The maximum Gasteiger partial charge on any atom is 0.155 e. The van der Waals surface area contributed by atoms with Gasteiger partial charge in [0.25, 0.3) is 0 Å². The lowest BCUT2D eigenvalue weighted by molar-refractivity contribution is 0.178. The number of nitrogens with zero attached hydrogens (tertiary/aromatic N) is 3. The monoisotopic (exact) mass is 250 g/mol. The molecule has 100 valence electrons. The predicted octanol–water partition coefficient (Wildman–Crippen LogP) is 2.34. The Bertz CT molecular complexity index is 400. The van der Waals surface area contributed by atoms with Gasteiger partial charge in [-0.15, -0.1) is 0 Å². The van der Waals surface area contributed by atoms with E-state index >= 15 is 0 Å². The van der Waals surface area contributed by atoms with Crippen molar-refractivity contribution < 1.29 is 5.11 Å². The van der Waals surface area contributed by atoms with Crippen LogP contribution in [0.25, 0.3) is 0 Å². The van der Waals surface area contributed by atoms with Gasteiger partial charge in [0, 0.05) is 6.54 Å². The van der Waals surface area contributed by atoms with E-state index in [1.807, 2.05) is 4.57 Å². The van der Waals surface area contributed by atoms with Crippen LogP contribution in [0.15, 0.2) is 11.3 Å². The van der Waals surface area contributed by atoms with Crippen molar-refractivity contribution in [2.75, 3.05) is 11.9 Å². The molecule has 0 bridgehead atoms. The number of hydrogen-bond donors (Lipinski definition) is 2. The van der Waals surface area contributed by atoms with Gasteiger partial charge in [-0.3, -0.25) is 4.99 Å². The van der Waals surface area contributed by atoms with Crippen molar-refractivity contribution in [3.63, 3.8) is 0 Å². The molecule has 0 saturated heterocycles. The second kappa shape index (κ2) is 6.54. The lowest BCUT2D eigenvalue weighted by Crippen LogP contribution is -2.10. The molecule has 1 unspecified atom stereocenters. The zero-order valence-electron chi connectivity index (χ0n) is 11.0. The molecule has 5 nitrogen and oxygen atoms in total. The van der Waals surface area contributed by atoms with Crippen LogP contribution in [0.1, 0.15) is 50.8 Å². The van der Waals surface area contributed by atoms with Crippen LogP contribution in [-0.2, 0) is 6.54 Å². The summed E-state index contributed by atoms with van der Waals surface area (Å²) in [4.78, 5) is 8.34. The van der Waals surface area contributed by atoms with Gasteiger partial charge in [-0.1, -0.05) is 32.6 Å². The molecule has 0 aliphatic carbocycles. The van der Waals surface area contributed by atoms with Gasteiger partial charge < -0.3 is 15.0 Å². The van der Waals surface area contributed by atoms with Crippen LogP contribution >= 0.6 is 0 Å². The van der Waals surface area contributed by atoms with Gasteiger partial charge in [0.1, 0.15) is 6.10 Å². The fraction of sp³-hybridized carbons (Fsp3) is 0.692. The summed E-state index contributed by atoms with van der Waals surface area (Å²) in [5.41, 5.74) is 0.864. The molecule has 1 atom stereocenters. The molecule has 0 amide bonds. The van der Waals surface area contributed by atoms with E-state index < -0.39 is 6.10 Å². The number of aliphatic hydroxyl groups excluding tert-OH is 1. The van der Waals surface area contributed by atoms with E-state index in [1.54, 1.807) is 12.7 Å². The smallest absolute Gasteiger partial charge is 0.155 e. The number of aliphatic hydroxyl groups is 1. The minimum absolute atomic E-state index is 0.404. The molecule has 0 fully saturated rings. The first-order valence-corrected chi connectivity index (χ1v) is 6.81. The number of unbranched alkanes of at least 4 members (excludes halogenated alkanes) is 4. The average Bonchev–Trinajstić information content (AvgIpc) is 2.68. The Morgan fingerprint density at radius 2 is 2.22 bits per heavy atom. The number of aliphatic imine (C=N–C) groups is 1. The Morgan fingerprint density at radius 1 is 1.39 bits per heavy atom. The van der Waals surface area contributed by atoms with Crippen LogP contribution in [0, 0.1) is 0 Å². The number of nitrogens with one attached hydrogen (secondary N) is 1. The summed E-state index contributed by atoms with van der Waals surface area (Å²) in [5, 5.41) is 13.0. The summed E-state index contributed by atoms with van der Waals surface area (Å²) < 4.78 is 2.05. The van der Waals surface area contributed by atoms with Gasteiger partial charge in [0.15, 0.2) is 5.82 Å². The summed E-state index contributed by atoms with van der Waals surface area (Å²) in [6, 6.07) is 0. The highest BCUT2D eigenvalue weighted by molar-refractivity contribution is 5.75. The normalized spacial score (nSPS) is 18.2. The third-order valence-corrected chi connectivity index (χ3v) is 3.27. The second-order valence-electron chi connectivity index (χ2n) is 4.74. The number of anilines is 1. The van der Waals surface area contributed by atoms with Gasteiger partial charge >= 0.3 is 0 Å². The van der Waals surface area contributed by atoms with E-state index in [2.05, 4.69) is 22.2 Å². The molecule has 2 heterocycles. The molecule has 2 N–H and O–H groups in total. The first-order valence-electron chi connectivity index (χ1n) is 6.81. The van der Waals surface area contributed by atoms with E-state index in [-0.39, 0.29) is 0 Å². The summed E-state index contributed by atoms with van der Waals surface area (Å²) in [7, 11) is 0. The number of aromatic nitrogens is 2. The molecule has 1 aromatic rings. The van der Waals surface area contributed by atoms with Crippen molar-refractivity contribution in [2.24, 2.45) is 4.99 Å². The number of hydrogen-bond acceptors (Lipinski definition) is 4. The molecule has 2 rings (SSSR count). The van der Waals surface area contributed by atoms with Crippen LogP contribution in [-0.4, -0.2) is 27.5 Å². The largest absolute Gasteiger partial charge is 0.385 e. The van der Waals surface area contributed by atoms with Gasteiger partial charge in [0.2, 0.25) is 0 Å². The summed E-state index contributed by atoms with van der Waals surface area (Å²) >= 11 is 0. The summed E-state index contributed by atoms with van der Waals surface area (Å²) in [6.45, 7) is 3.55. The highest BCUT2D eigenvalue weighted by atomic mass is 16.3. The lowest BCUT2D eigenvalue weighted by atomic mass is 10.1. The van der Waals surface area contributed by atoms with Gasteiger partial charge in [0.05, 0.1) is 24.9 Å². The maximum absolute atomic E-state index is 10.0.